The standard InChI is InChI=1S/C34H30N8/c1-5-19-35-31(9-1)41(32-10-2-6-20-36-32)25-27-13-15-29(39-23-27)17-18-30-16-14-28(24-40-30)26-42(33-11-3-7-21-37-33)34-12-4-8-22-38-34/h1-16,19-24H,17-18,25-26H2. The first-order valence-corrected chi connectivity index (χ1v) is 13.9. The number of pyridine rings is 6. The van der Waals surface area contributed by atoms with Crippen LogP contribution in [0.3, 0.4) is 0 Å². The third-order valence-electron chi connectivity index (χ3n) is 6.79. The summed E-state index contributed by atoms with van der Waals surface area (Å²) in [6.45, 7) is 1.25. The van der Waals surface area contributed by atoms with E-state index in [4.69, 9.17) is 9.97 Å². The van der Waals surface area contributed by atoms with Crippen molar-refractivity contribution in [1.82, 2.24) is 29.9 Å². The summed E-state index contributed by atoms with van der Waals surface area (Å²) in [5.74, 6) is 3.38. The van der Waals surface area contributed by atoms with Crippen LogP contribution in [0.2, 0.25) is 0 Å². The Labute approximate surface area is 245 Å². The highest BCUT2D eigenvalue weighted by atomic mass is 15.2. The molecule has 0 radical (unpaired) electrons. The van der Waals surface area contributed by atoms with E-state index in [1.807, 2.05) is 85.2 Å². The second-order valence-electron chi connectivity index (χ2n) is 9.74. The predicted octanol–water partition coefficient (Wildman–Crippen LogP) is 6.52. The van der Waals surface area contributed by atoms with E-state index in [2.05, 4.69) is 54.0 Å². The van der Waals surface area contributed by atoms with E-state index in [1.165, 1.54) is 0 Å². The van der Waals surface area contributed by atoms with Crippen LogP contribution in [-0.2, 0) is 25.9 Å². The maximum atomic E-state index is 4.74. The van der Waals surface area contributed by atoms with E-state index >= 15 is 0 Å². The van der Waals surface area contributed by atoms with Gasteiger partial charge in [-0.15, -0.1) is 0 Å². The minimum atomic E-state index is 0.623. The van der Waals surface area contributed by atoms with Gasteiger partial charge in [0, 0.05) is 48.6 Å². The van der Waals surface area contributed by atoms with Gasteiger partial charge in [-0.1, -0.05) is 36.4 Å². The predicted molar refractivity (Wildman–Crippen MR) is 165 cm³/mol. The molecular weight excluding hydrogens is 520 g/mol. The van der Waals surface area contributed by atoms with Gasteiger partial charge in [0.05, 0.1) is 13.1 Å². The normalized spacial score (nSPS) is 10.8. The van der Waals surface area contributed by atoms with E-state index in [0.29, 0.717) is 13.1 Å². The molecule has 0 fully saturated rings. The number of aromatic nitrogens is 6. The van der Waals surface area contributed by atoms with Crippen LogP contribution in [0.25, 0.3) is 0 Å². The van der Waals surface area contributed by atoms with Crippen LogP contribution in [0.5, 0.6) is 0 Å². The first-order valence-electron chi connectivity index (χ1n) is 13.9. The van der Waals surface area contributed by atoms with Crippen molar-refractivity contribution in [1.29, 1.82) is 0 Å². The molecule has 0 atom stereocenters. The molecule has 6 aromatic heterocycles. The molecule has 8 heteroatoms. The Balaban J connectivity index is 1.08. The Kier molecular flexibility index (Phi) is 8.42. The van der Waals surface area contributed by atoms with Crippen molar-refractivity contribution >= 4 is 23.3 Å². The van der Waals surface area contributed by atoms with Crippen LogP contribution >= 0.6 is 0 Å². The van der Waals surface area contributed by atoms with Crippen LogP contribution < -0.4 is 9.80 Å². The van der Waals surface area contributed by atoms with Gasteiger partial charge >= 0.3 is 0 Å². The average molecular weight is 551 g/mol. The van der Waals surface area contributed by atoms with Crippen molar-refractivity contribution < 1.29 is 0 Å². The highest BCUT2D eigenvalue weighted by Crippen LogP contribution is 2.25. The SMILES string of the molecule is c1ccc(N(Cc2ccc(CCc3ccc(CN(c4ccccn4)c4ccccn4)cn3)nc2)c2ccccn2)nc1. The molecule has 0 aliphatic heterocycles. The third kappa shape index (κ3) is 6.79. The first kappa shape index (κ1) is 26.7. The molecule has 6 rings (SSSR count). The minimum Gasteiger partial charge on any atom is -0.306 e. The van der Waals surface area contributed by atoms with Crippen LogP contribution in [0.4, 0.5) is 23.3 Å². The average Bonchev–Trinajstić information content (AvgIpc) is 3.08. The largest absolute Gasteiger partial charge is 0.306 e. The molecule has 6 aromatic rings. The van der Waals surface area contributed by atoms with Gasteiger partial charge in [0.1, 0.15) is 23.3 Å². The lowest BCUT2D eigenvalue weighted by Gasteiger charge is -2.22. The smallest absolute Gasteiger partial charge is 0.134 e. The fourth-order valence-electron chi connectivity index (χ4n) is 4.63. The molecule has 0 saturated carbocycles. The molecule has 0 saturated heterocycles. The van der Waals surface area contributed by atoms with E-state index in [0.717, 1.165) is 58.6 Å². The van der Waals surface area contributed by atoms with Gasteiger partial charge < -0.3 is 9.80 Å². The van der Waals surface area contributed by atoms with Crippen LogP contribution in [0, 0.1) is 0 Å². The minimum absolute atomic E-state index is 0.623. The zero-order chi connectivity index (χ0) is 28.4. The van der Waals surface area contributed by atoms with Gasteiger partial charge in [-0.3, -0.25) is 9.97 Å². The molecule has 206 valence electrons. The molecule has 0 aliphatic rings. The lowest BCUT2D eigenvalue weighted by molar-refractivity contribution is 0.857. The second-order valence-corrected chi connectivity index (χ2v) is 9.74. The number of nitrogens with zero attached hydrogens (tertiary/aromatic N) is 8. The number of rotatable bonds is 11. The second kappa shape index (κ2) is 13.2. The van der Waals surface area contributed by atoms with E-state index in [1.54, 1.807) is 24.8 Å². The Morgan fingerprint density at radius 3 is 1.00 bits per heavy atom. The van der Waals surface area contributed by atoms with Crippen molar-refractivity contribution in [2.45, 2.75) is 25.9 Å². The van der Waals surface area contributed by atoms with Gasteiger partial charge in [0.15, 0.2) is 0 Å². The molecule has 6 heterocycles. The monoisotopic (exact) mass is 550 g/mol. The Bertz CT molecular complexity index is 1440. The topological polar surface area (TPSA) is 83.8 Å². The quantitative estimate of drug-likeness (QED) is 0.180. The first-order chi connectivity index (χ1) is 20.8. The van der Waals surface area contributed by atoms with Crippen molar-refractivity contribution in [3.63, 3.8) is 0 Å². The molecule has 0 spiro atoms. The zero-order valence-corrected chi connectivity index (χ0v) is 23.1. The van der Waals surface area contributed by atoms with Crippen molar-refractivity contribution in [2.24, 2.45) is 0 Å². The van der Waals surface area contributed by atoms with E-state index < -0.39 is 0 Å². The van der Waals surface area contributed by atoms with Crippen LogP contribution in [0.15, 0.2) is 134 Å². The van der Waals surface area contributed by atoms with Crippen LogP contribution in [0.1, 0.15) is 22.5 Å². The van der Waals surface area contributed by atoms with Gasteiger partial charge in [-0.25, -0.2) is 19.9 Å². The van der Waals surface area contributed by atoms with Crippen molar-refractivity contribution in [3.05, 3.63) is 157 Å². The number of aryl methyl sites for hydroxylation is 2. The maximum Gasteiger partial charge on any atom is 0.134 e. The molecule has 42 heavy (non-hydrogen) atoms. The molecule has 0 aliphatic carbocycles. The molecule has 0 aromatic carbocycles. The Morgan fingerprint density at radius 1 is 0.381 bits per heavy atom. The summed E-state index contributed by atoms with van der Waals surface area (Å²) in [5.41, 5.74) is 4.23. The van der Waals surface area contributed by atoms with Crippen molar-refractivity contribution in [2.75, 3.05) is 9.80 Å². The zero-order valence-electron chi connectivity index (χ0n) is 23.1. The summed E-state index contributed by atoms with van der Waals surface area (Å²) in [7, 11) is 0. The number of hydrogen-bond acceptors (Lipinski definition) is 8. The summed E-state index contributed by atoms with van der Waals surface area (Å²) >= 11 is 0. The third-order valence-corrected chi connectivity index (χ3v) is 6.79. The molecule has 0 unspecified atom stereocenters. The van der Waals surface area contributed by atoms with Gasteiger partial charge in [-0.2, -0.15) is 0 Å². The Hall–Kier alpha value is -5.50. The molecule has 0 bridgehead atoms. The molecular formula is C34H30N8. The maximum absolute atomic E-state index is 4.74. The van der Waals surface area contributed by atoms with E-state index in [-0.39, 0.29) is 0 Å². The van der Waals surface area contributed by atoms with Gasteiger partial charge in [0.2, 0.25) is 0 Å². The molecule has 0 amide bonds. The van der Waals surface area contributed by atoms with Gasteiger partial charge in [0.25, 0.3) is 0 Å². The van der Waals surface area contributed by atoms with Gasteiger partial charge in [-0.05, 0) is 84.6 Å². The highest BCUT2D eigenvalue weighted by Gasteiger charge is 2.14. The summed E-state index contributed by atoms with van der Waals surface area (Å²) in [5, 5.41) is 0. The van der Waals surface area contributed by atoms with Crippen molar-refractivity contribution in [3.8, 4) is 0 Å². The lowest BCUT2D eigenvalue weighted by atomic mass is 10.1. The summed E-state index contributed by atoms with van der Waals surface area (Å²) in [6.07, 6.45) is 12.7. The number of anilines is 4. The Morgan fingerprint density at radius 2 is 0.738 bits per heavy atom. The fourth-order valence-corrected chi connectivity index (χ4v) is 4.63. The fraction of sp³-hybridized carbons (Fsp3) is 0.118. The van der Waals surface area contributed by atoms with Crippen LogP contribution in [-0.4, -0.2) is 29.9 Å². The van der Waals surface area contributed by atoms with E-state index in [9.17, 15) is 0 Å². The highest BCUT2D eigenvalue weighted by molar-refractivity contribution is 5.56. The molecule has 8 nitrogen and oxygen atoms in total. The lowest BCUT2D eigenvalue weighted by Crippen LogP contribution is -2.19. The summed E-state index contributed by atoms with van der Waals surface area (Å²) in [4.78, 5) is 31.8. The number of hydrogen-bond donors (Lipinski definition) is 0. The summed E-state index contributed by atoms with van der Waals surface area (Å²) in [6, 6.07) is 32.0. The molecule has 0 N–H and O–H groups in total. The summed E-state index contributed by atoms with van der Waals surface area (Å²) < 4.78 is 0.